The molecule has 1 aliphatic heterocycles. The van der Waals surface area contributed by atoms with E-state index in [0.29, 0.717) is 12.0 Å². The molecule has 17 heavy (non-hydrogen) atoms. The van der Waals surface area contributed by atoms with Gasteiger partial charge in [-0.05, 0) is 38.0 Å². The third kappa shape index (κ3) is 3.87. The summed E-state index contributed by atoms with van der Waals surface area (Å²) in [6, 6.07) is 0.488. The Morgan fingerprint density at radius 2 is 1.88 bits per heavy atom. The van der Waals surface area contributed by atoms with Gasteiger partial charge in [-0.15, -0.1) is 0 Å². The number of hydrogen-bond donors (Lipinski definition) is 2. The molecule has 2 unspecified atom stereocenters. The van der Waals surface area contributed by atoms with Gasteiger partial charge in [0.25, 0.3) is 0 Å². The first kappa shape index (κ1) is 12.7. The number of carbonyl (C=O) groups is 1. The molecule has 0 aromatic rings. The van der Waals surface area contributed by atoms with Crippen molar-refractivity contribution in [3.05, 3.63) is 0 Å². The minimum Gasteiger partial charge on any atom is -0.338 e. The molecule has 3 N–H and O–H groups in total. The van der Waals surface area contributed by atoms with Crippen molar-refractivity contribution in [3.8, 4) is 0 Å². The summed E-state index contributed by atoms with van der Waals surface area (Å²) in [5.41, 5.74) is 5.87. The molecule has 0 spiro atoms. The third-order valence-corrected chi connectivity index (χ3v) is 4.02. The number of hydrogen-bond acceptors (Lipinski definition) is 2. The molecule has 0 bridgehead atoms. The van der Waals surface area contributed by atoms with Crippen LogP contribution in [0.5, 0.6) is 0 Å². The lowest BCUT2D eigenvalue weighted by Gasteiger charge is -2.22. The number of urea groups is 1. The van der Waals surface area contributed by atoms with Gasteiger partial charge in [0, 0.05) is 25.7 Å². The zero-order valence-corrected chi connectivity index (χ0v) is 10.7. The Morgan fingerprint density at radius 3 is 2.47 bits per heavy atom. The van der Waals surface area contributed by atoms with Crippen molar-refractivity contribution in [2.24, 2.45) is 11.7 Å². The fourth-order valence-electron chi connectivity index (χ4n) is 2.92. The summed E-state index contributed by atoms with van der Waals surface area (Å²) in [6.07, 6.45) is 8.19. The van der Waals surface area contributed by atoms with E-state index in [0.717, 1.165) is 45.3 Å². The van der Waals surface area contributed by atoms with E-state index in [9.17, 15) is 4.79 Å². The molecule has 0 radical (unpaired) electrons. The maximum absolute atomic E-state index is 12.0. The highest BCUT2D eigenvalue weighted by Gasteiger charge is 2.23. The smallest absolute Gasteiger partial charge is 0.317 e. The van der Waals surface area contributed by atoms with E-state index < -0.39 is 0 Å². The van der Waals surface area contributed by atoms with Gasteiger partial charge in [-0.25, -0.2) is 4.79 Å². The zero-order valence-electron chi connectivity index (χ0n) is 10.7. The van der Waals surface area contributed by atoms with Gasteiger partial charge in [0.05, 0.1) is 0 Å². The van der Waals surface area contributed by atoms with Gasteiger partial charge >= 0.3 is 6.03 Å². The molecule has 1 heterocycles. The first-order chi connectivity index (χ1) is 8.25. The van der Waals surface area contributed by atoms with Gasteiger partial charge in [0.2, 0.25) is 0 Å². The highest BCUT2D eigenvalue weighted by Crippen LogP contribution is 2.23. The van der Waals surface area contributed by atoms with Crippen molar-refractivity contribution in [1.82, 2.24) is 10.2 Å². The Balaban J connectivity index is 1.69. The Labute approximate surface area is 104 Å². The molecule has 1 aliphatic carbocycles. The van der Waals surface area contributed by atoms with Crippen LogP contribution >= 0.6 is 0 Å². The SMILES string of the molecule is NC1CCC(CNC(=O)N2CCCCCC2)C1. The van der Waals surface area contributed by atoms with Crippen LogP contribution in [0.25, 0.3) is 0 Å². The average Bonchev–Trinajstić information content (AvgIpc) is 2.58. The monoisotopic (exact) mass is 239 g/mol. The lowest BCUT2D eigenvalue weighted by molar-refractivity contribution is 0.198. The molecule has 98 valence electrons. The van der Waals surface area contributed by atoms with Gasteiger partial charge in [0.15, 0.2) is 0 Å². The second kappa shape index (κ2) is 6.24. The summed E-state index contributed by atoms with van der Waals surface area (Å²) in [4.78, 5) is 13.9. The van der Waals surface area contributed by atoms with Crippen LogP contribution in [0.4, 0.5) is 4.79 Å². The quantitative estimate of drug-likeness (QED) is 0.770. The number of nitrogens with two attached hydrogens (primary N) is 1. The lowest BCUT2D eigenvalue weighted by Crippen LogP contribution is -2.42. The summed E-state index contributed by atoms with van der Waals surface area (Å²) in [6.45, 7) is 2.66. The van der Waals surface area contributed by atoms with Crippen LogP contribution < -0.4 is 11.1 Å². The lowest BCUT2D eigenvalue weighted by atomic mass is 10.1. The molecule has 2 atom stereocenters. The Bertz CT molecular complexity index is 249. The van der Waals surface area contributed by atoms with E-state index in [4.69, 9.17) is 5.73 Å². The van der Waals surface area contributed by atoms with Crippen LogP contribution in [-0.2, 0) is 0 Å². The number of carbonyl (C=O) groups excluding carboxylic acids is 1. The third-order valence-electron chi connectivity index (χ3n) is 4.02. The number of amides is 2. The molecular formula is C13H25N3O. The van der Waals surface area contributed by atoms with Gasteiger partial charge in [-0.3, -0.25) is 0 Å². The summed E-state index contributed by atoms with van der Waals surface area (Å²) in [7, 11) is 0. The van der Waals surface area contributed by atoms with Crippen molar-refractivity contribution in [1.29, 1.82) is 0 Å². The Kier molecular flexibility index (Phi) is 4.66. The topological polar surface area (TPSA) is 58.4 Å². The fourth-order valence-corrected chi connectivity index (χ4v) is 2.92. The van der Waals surface area contributed by atoms with Crippen LogP contribution in [0.1, 0.15) is 44.9 Å². The maximum Gasteiger partial charge on any atom is 0.317 e. The van der Waals surface area contributed by atoms with E-state index in [2.05, 4.69) is 5.32 Å². The molecule has 2 amide bonds. The van der Waals surface area contributed by atoms with E-state index >= 15 is 0 Å². The Morgan fingerprint density at radius 1 is 1.18 bits per heavy atom. The molecule has 4 heteroatoms. The van der Waals surface area contributed by atoms with E-state index in [1.807, 2.05) is 4.90 Å². The molecule has 0 aromatic heterocycles. The van der Waals surface area contributed by atoms with Crippen LogP contribution in [0, 0.1) is 5.92 Å². The van der Waals surface area contributed by atoms with Crippen molar-refractivity contribution >= 4 is 6.03 Å². The number of rotatable bonds is 2. The maximum atomic E-state index is 12.0. The van der Waals surface area contributed by atoms with Crippen LogP contribution in [0.2, 0.25) is 0 Å². The van der Waals surface area contributed by atoms with Crippen LogP contribution in [-0.4, -0.2) is 36.6 Å². The van der Waals surface area contributed by atoms with Crippen molar-refractivity contribution in [2.75, 3.05) is 19.6 Å². The summed E-state index contributed by atoms with van der Waals surface area (Å²) in [5, 5.41) is 3.07. The second-order valence-electron chi connectivity index (χ2n) is 5.53. The average molecular weight is 239 g/mol. The summed E-state index contributed by atoms with van der Waals surface area (Å²) < 4.78 is 0. The molecule has 1 saturated carbocycles. The number of nitrogens with one attached hydrogen (secondary N) is 1. The minimum atomic E-state index is 0.132. The summed E-state index contributed by atoms with van der Waals surface area (Å²) in [5.74, 6) is 0.598. The van der Waals surface area contributed by atoms with Crippen LogP contribution in [0.15, 0.2) is 0 Å². The van der Waals surface area contributed by atoms with E-state index in [1.165, 1.54) is 19.3 Å². The molecule has 0 aromatic carbocycles. The van der Waals surface area contributed by atoms with Crippen molar-refractivity contribution < 1.29 is 4.79 Å². The van der Waals surface area contributed by atoms with Gasteiger partial charge < -0.3 is 16.0 Å². The predicted octanol–water partition coefficient (Wildman–Crippen LogP) is 1.70. The normalized spacial score (nSPS) is 30.1. The molecule has 2 fully saturated rings. The number of likely N-dealkylation sites (tertiary alicyclic amines) is 1. The first-order valence-electron chi connectivity index (χ1n) is 7.04. The van der Waals surface area contributed by atoms with Gasteiger partial charge in [-0.1, -0.05) is 12.8 Å². The Hall–Kier alpha value is -0.770. The number of nitrogens with zero attached hydrogens (tertiary/aromatic N) is 1. The van der Waals surface area contributed by atoms with Gasteiger partial charge in [-0.2, -0.15) is 0 Å². The largest absolute Gasteiger partial charge is 0.338 e. The van der Waals surface area contributed by atoms with Crippen LogP contribution in [0.3, 0.4) is 0 Å². The highest BCUT2D eigenvalue weighted by molar-refractivity contribution is 5.74. The van der Waals surface area contributed by atoms with E-state index in [-0.39, 0.29) is 6.03 Å². The zero-order chi connectivity index (χ0) is 12.1. The van der Waals surface area contributed by atoms with Crippen molar-refractivity contribution in [2.45, 2.75) is 51.0 Å². The van der Waals surface area contributed by atoms with E-state index in [1.54, 1.807) is 0 Å². The second-order valence-corrected chi connectivity index (χ2v) is 5.53. The molecule has 2 rings (SSSR count). The van der Waals surface area contributed by atoms with Crippen molar-refractivity contribution in [3.63, 3.8) is 0 Å². The predicted molar refractivity (Wildman–Crippen MR) is 68.8 cm³/mol. The highest BCUT2D eigenvalue weighted by atomic mass is 16.2. The molecule has 1 saturated heterocycles. The molecule has 4 nitrogen and oxygen atoms in total. The minimum absolute atomic E-state index is 0.132. The fraction of sp³-hybridized carbons (Fsp3) is 0.923. The first-order valence-corrected chi connectivity index (χ1v) is 7.04. The molecule has 2 aliphatic rings. The summed E-state index contributed by atoms with van der Waals surface area (Å²) >= 11 is 0. The standard InChI is InChI=1S/C13H25N3O/c14-12-6-5-11(9-12)10-15-13(17)16-7-3-1-2-4-8-16/h11-12H,1-10,14H2,(H,15,17). The van der Waals surface area contributed by atoms with Gasteiger partial charge in [0.1, 0.15) is 0 Å². The molecular weight excluding hydrogens is 214 g/mol.